The molecule has 0 unspecified atom stereocenters. The van der Waals surface area contributed by atoms with Crippen LogP contribution in [0.2, 0.25) is 5.02 Å². The Morgan fingerprint density at radius 1 is 1.03 bits per heavy atom. The molecular weight excluding hydrogens is 418 g/mol. The number of aromatic hydroxyl groups is 1. The molecule has 0 bridgehead atoms. The van der Waals surface area contributed by atoms with E-state index in [9.17, 15) is 15.2 Å². The highest BCUT2D eigenvalue weighted by atomic mass is 35.5. The molecule has 0 saturated carbocycles. The summed E-state index contributed by atoms with van der Waals surface area (Å²) in [6, 6.07) is 21.4. The molecule has 8 heteroatoms. The van der Waals surface area contributed by atoms with Gasteiger partial charge in [0.2, 0.25) is 5.75 Å². The standard InChI is InChI=1S/C23H18ClN3O4/c1-31-22-13-8-16(25-23(22)27(29)30)14-26-20(15-6-9-17(28)10-7-15)11-12-21(26)18-4-2-3-5-19(18)24/h2-13,28H,14H2,1H3. The highest BCUT2D eigenvalue weighted by Crippen LogP contribution is 2.34. The van der Waals surface area contributed by atoms with E-state index in [1.165, 1.54) is 7.11 Å². The summed E-state index contributed by atoms with van der Waals surface area (Å²) in [6.07, 6.45) is 0. The Morgan fingerprint density at radius 3 is 2.42 bits per heavy atom. The average molecular weight is 436 g/mol. The number of nitrogens with zero attached hydrogens (tertiary/aromatic N) is 3. The van der Waals surface area contributed by atoms with Crippen LogP contribution < -0.4 is 4.74 Å². The lowest BCUT2D eigenvalue weighted by molar-refractivity contribution is -0.390. The van der Waals surface area contributed by atoms with Crippen LogP contribution in [0, 0.1) is 10.1 Å². The lowest BCUT2D eigenvalue weighted by Crippen LogP contribution is -2.07. The van der Waals surface area contributed by atoms with Crippen LogP contribution in [-0.4, -0.2) is 26.7 Å². The van der Waals surface area contributed by atoms with Crippen LogP contribution in [0.1, 0.15) is 5.69 Å². The number of rotatable bonds is 6. The number of aromatic nitrogens is 2. The minimum absolute atomic E-state index is 0.103. The van der Waals surface area contributed by atoms with Gasteiger partial charge in [-0.2, -0.15) is 0 Å². The number of ether oxygens (including phenoxy) is 1. The molecule has 2 heterocycles. The summed E-state index contributed by atoms with van der Waals surface area (Å²) in [5, 5.41) is 21.6. The molecule has 156 valence electrons. The Balaban J connectivity index is 1.86. The summed E-state index contributed by atoms with van der Waals surface area (Å²) in [5.41, 5.74) is 3.90. The van der Waals surface area contributed by atoms with Crippen LogP contribution in [-0.2, 0) is 6.54 Å². The highest BCUT2D eigenvalue weighted by Gasteiger charge is 2.21. The maximum Gasteiger partial charge on any atom is 0.406 e. The second kappa shape index (κ2) is 8.49. The van der Waals surface area contributed by atoms with E-state index in [1.807, 2.05) is 41.0 Å². The number of benzene rings is 2. The van der Waals surface area contributed by atoms with Gasteiger partial charge in [-0.25, -0.2) is 0 Å². The first kappa shape index (κ1) is 20.4. The van der Waals surface area contributed by atoms with Crippen molar-refractivity contribution < 1.29 is 14.8 Å². The fraction of sp³-hybridized carbons (Fsp3) is 0.0870. The number of phenols is 1. The first-order valence-electron chi connectivity index (χ1n) is 9.40. The van der Waals surface area contributed by atoms with Gasteiger partial charge in [0, 0.05) is 16.3 Å². The maximum absolute atomic E-state index is 11.4. The Kier molecular flexibility index (Phi) is 5.60. The van der Waals surface area contributed by atoms with Gasteiger partial charge in [-0.15, -0.1) is 0 Å². The van der Waals surface area contributed by atoms with Crippen LogP contribution >= 0.6 is 11.6 Å². The van der Waals surface area contributed by atoms with Gasteiger partial charge in [0.15, 0.2) is 5.69 Å². The van der Waals surface area contributed by atoms with Crippen molar-refractivity contribution in [2.75, 3.05) is 7.11 Å². The third-order valence-electron chi connectivity index (χ3n) is 4.90. The molecule has 0 amide bonds. The van der Waals surface area contributed by atoms with Gasteiger partial charge in [-0.3, -0.25) is 0 Å². The van der Waals surface area contributed by atoms with Gasteiger partial charge < -0.3 is 24.5 Å². The molecule has 1 N–H and O–H groups in total. The van der Waals surface area contributed by atoms with Crippen molar-refractivity contribution >= 4 is 17.4 Å². The zero-order valence-corrected chi connectivity index (χ0v) is 17.3. The second-order valence-electron chi connectivity index (χ2n) is 6.80. The Bertz CT molecular complexity index is 1250. The van der Waals surface area contributed by atoms with E-state index in [-0.39, 0.29) is 23.9 Å². The molecule has 0 fully saturated rings. The van der Waals surface area contributed by atoms with E-state index in [2.05, 4.69) is 4.98 Å². The minimum Gasteiger partial charge on any atom is -0.508 e. The van der Waals surface area contributed by atoms with Crippen molar-refractivity contribution in [3.8, 4) is 34.0 Å². The first-order valence-corrected chi connectivity index (χ1v) is 9.78. The molecule has 0 aliphatic heterocycles. The van der Waals surface area contributed by atoms with Crippen LogP contribution in [0.3, 0.4) is 0 Å². The zero-order valence-electron chi connectivity index (χ0n) is 16.5. The topological polar surface area (TPSA) is 90.4 Å². The lowest BCUT2D eigenvalue weighted by atomic mass is 10.1. The molecule has 2 aromatic heterocycles. The fourth-order valence-electron chi connectivity index (χ4n) is 3.44. The van der Waals surface area contributed by atoms with Crippen LogP contribution in [0.25, 0.3) is 22.5 Å². The summed E-state index contributed by atoms with van der Waals surface area (Å²) in [5.74, 6) is -0.0652. The molecule has 31 heavy (non-hydrogen) atoms. The van der Waals surface area contributed by atoms with Crippen LogP contribution in [0.4, 0.5) is 5.82 Å². The Hall–Kier alpha value is -3.84. The van der Waals surface area contributed by atoms with E-state index in [0.29, 0.717) is 10.7 Å². The number of hydrogen-bond donors (Lipinski definition) is 1. The van der Waals surface area contributed by atoms with Gasteiger partial charge in [-0.05, 0) is 70.1 Å². The highest BCUT2D eigenvalue weighted by molar-refractivity contribution is 6.33. The van der Waals surface area contributed by atoms with Crippen molar-refractivity contribution in [1.29, 1.82) is 0 Å². The largest absolute Gasteiger partial charge is 0.508 e. The number of phenolic OH excluding ortho intramolecular Hbond substituents is 1. The zero-order chi connectivity index (χ0) is 22.0. The van der Waals surface area contributed by atoms with Gasteiger partial charge in [0.1, 0.15) is 5.75 Å². The number of pyridine rings is 1. The molecule has 0 spiro atoms. The Labute approximate surface area is 183 Å². The molecule has 0 aliphatic rings. The number of hydrogen-bond acceptors (Lipinski definition) is 5. The summed E-state index contributed by atoms with van der Waals surface area (Å²) in [7, 11) is 1.37. The summed E-state index contributed by atoms with van der Waals surface area (Å²) in [6.45, 7) is 0.272. The Morgan fingerprint density at radius 2 is 1.74 bits per heavy atom. The summed E-state index contributed by atoms with van der Waals surface area (Å²) in [4.78, 5) is 15.0. The van der Waals surface area contributed by atoms with Crippen molar-refractivity contribution in [2.24, 2.45) is 0 Å². The van der Waals surface area contributed by atoms with Gasteiger partial charge in [0.25, 0.3) is 0 Å². The first-order chi connectivity index (χ1) is 15.0. The van der Waals surface area contributed by atoms with Gasteiger partial charge >= 0.3 is 5.82 Å². The molecule has 2 aromatic carbocycles. The van der Waals surface area contributed by atoms with Gasteiger partial charge in [-0.1, -0.05) is 29.8 Å². The number of methoxy groups -OCH3 is 1. The molecule has 7 nitrogen and oxygen atoms in total. The predicted octanol–water partition coefficient (Wildman–Crippen LogP) is 5.54. The van der Waals surface area contributed by atoms with E-state index >= 15 is 0 Å². The second-order valence-corrected chi connectivity index (χ2v) is 7.21. The monoisotopic (exact) mass is 435 g/mol. The van der Waals surface area contributed by atoms with E-state index < -0.39 is 4.92 Å². The summed E-state index contributed by atoms with van der Waals surface area (Å²) >= 11 is 6.45. The number of halogens is 1. The predicted molar refractivity (Wildman–Crippen MR) is 119 cm³/mol. The van der Waals surface area contributed by atoms with E-state index in [1.54, 1.807) is 36.4 Å². The molecule has 0 aliphatic carbocycles. The van der Waals surface area contributed by atoms with Crippen molar-refractivity contribution in [1.82, 2.24) is 9.55 Å². The molecule has 0 radical (unpaired) electrons. The van der Waals surface area contributed by atoms with E-state index in [0.717, 1.165) is 22.5 Å². The molecule has 0 atom stereocenters. The normalized spacial score (nSPS) is 10.8. The van der Waals surface area contributed by atoms with Crippen molar-refractivity contribution in [3.63, 3.8) is 0 Å². The number of nitro groups is 1. The van der Waals surface area contributed by atoms with Crippen molar-refractivity contribution in [3.05, 3.63) is 93.6 Å². The van der Waals surface area contributed by atoms with Crippen LogP contribution in [0.15, 0.2) is 72.8 Å². The molecule has 0 saturated heterocycles. The SMILES string of the molecule is COc1ccc(Cn2c(-c3ccc(O)cc3)ccc2-c2ccccc2Cl)nc1[N+](=O)[O-]. The van der Waals surface area contributed by atoms with Crippen molar-refractivity contribution in [2.45, 2.75) is 6.54 Å². The maximum atomic E-state index is 11.4. The fourth-order valence-corrected chi connectivity index (χ4v) is 3.67. The molecular formula is C23H18ClN3O4. The smallest absolute Gasteiger partial charge is 0.406 e. The lowest BCUT2D eigenvalue weighted by Gasteiger charge is -2.14. The average Bonchev–Trinajstić information content (AvgIpc) is 3.17. The third-order valence-corrected chi connectivity index (χ3v) is 5.23. The minimum atomic E-state index is -0.562. The third kappa shape index (κ3) is 4.08. The quantitative estimate of drug-likeness (QED) is 0.317. The van der Waals surface area contributed by atoms with Crippen LogP contribution in [0.5, 0.6) is 11.5 Å². The van der Waals surface area contributed by atoms with Gasteiger partial charge in [0.05, 0.1) is 19.3 Å². The molecule has 4 aromatic rings. The van der Waals surface area contributed by atoms with E-state index in [4.69, 9.17) is 16.3 Å². The summed E-state index contributed by atoms with van der Waals surface area (Å²) < 4.78 is 7.05. The molecule has 4 rings (SSSR count).